The van der Waals surface area contributed by atoms with Gasteiger partial charge in [-0.15, -0.1) is 0 Å². The molecule has 0 bridgehead atoms. The minimum absolute atomic E-state index is 0.0330. The lowest BCUT2D eigenvalue weighted by Crippen LogP contribution is -2.51. The Morgan fingerprint density at radius 2 is 1.77 bits per heavy atom. The number of nitrogens with zero attached hydrogens (tertiary/aromatic N) is 1. The fourth-order valence-electron chi connectivity index (χ4n) is 3.20. The van der Waals surface area contributed by atoms with Crippen LogP contribution in [0.5, 0.6) is 5.75 Å². The Hall–Kier alpha value is -2.53. The lowest BCUT2D eigenvalue weighted by Gasteiger charge is -2.31. The molecule has 2 amide bonds. The van der Waals surface area contributed by atoms with Crippen molar-refractivity contribution in [2.75, 3.05) is 6.61 Å². The number of hydrogen-bond donors (Lipinski definition) is 1. The monoisotopic (exact) mass is 444 g/mol. The van der Waals surface area contributed by atoms with Crippen molar-refractivity contribution in [3.8, 4) is 5.75 Å². The number of amides is 2. The van der Waals surface area contributed by atoms with Crippen molar-refractivity contribution in [3.05, 3.63) is 64.2 Å². The highest BCUT2D eigenvalue weighted by Gasteiger charge is 2.30. The van der Waals surface area contributed by atoms with Crippen LogP contribution in [-0.4, -0.2) is 35.4 Å². The predicted octanol–water partition coefficient (Wildman–Crippen LogP) is 5.06. The zero-order chi connectivity index (χ0) is 23.0. The average molecular weight is 445 g/mol. The van der Waals surface area contributed by atoms with Crippen LogP contribution in [0.1, 0.15) is 50.3 Å². The minimum atomic E-state index is -0.610. The molecule has 0 aliphatic heterocycles. The first-order valence-electron chi connectivity index (χ1n) is 10.8. The molecule has 2 atom stereocenters. The quantitative estimate of drug-likeness (QED) is 0.557. The van der Waals surface area contributed by atoms with Crippen molar-refractivity contribution in [3.63, 3.8) is 0 Å². The van der Waals surface area contributed by atoms with E-state index in [1.165, 1.54) is 0 Å². The van der Waals surface area contributed by atoms with Gasteiger partial charge in [0.1, 0.15) is 11.8 Å². The first-order valence-corrected chi connectivity index (χ1v) is 11.2. The maximum Gasteiger partial charge on any atom is 0.261 e. The molecule has 168 valence electrons. The van der Waals surface area contributed by atoms with Gasteiger partial charge in [0.25, 0.3) is 5.91 Å². The largest absolute Gasteiger partial charge is 0.484 e. The second kappa shape index (κ2) is 11.8. The Bertz CT molecular complexity index is 900. The standard InChI is InChI=1S/C25H33ClN2O3/c1-6-19(5)27-25(30)23(7-2)28(15-20-10-8-9-11-22(20)26)24(29)16-31-21-13-12-17(3)18(4)14-21/h8-14,19,23H,6-7,15-16H2,1-5H3,(H,27,30)/t19-,23+/m1/s1. The summed E-state index contributed by atoms with van der Waals surface area (Å²) < 4.78 is 5.77. The van der Waals surface area contributed by atoms with Gasteiger partial charge in [0.2, 0.25) is 5.91 Å². The second-order valence-corrected chi connectivity index (χ2v) is 8.30. The number of benzene rings is 2. The Balaban J connectivity index is 2.24. The normalized spacial score (nSPS) is 12.7. The van der Waals surface area contributed by atoms with Crippen LogP contribution < -0.4 is 10.1 Å². The first-order chi connectivity index (χ1) is 14.8. The van der Waals surface area contributed by atoms with Crippen molar-refractivity contribution in [1.82, 2.24) is 10.2 Å². The summed E-state index contributed by atoms with van der Waals surface area (Å²) in [5, 5.41) is 3.56. The molecule has 6 heteroatoms. The number of ether oxygens (including phenoxy) is 1. The minimum Gasteiger partial charge on any atom is -0.484 e. The van der Waals surface area contributed by atoms with Gasteiger partial charge in [0, 0.05) is 17.6 Å². The van der Waals surface area contributed by atoms with Crippen LogP contribution in [0, 0.1) is 13.8 Å². The maximum atomic E-state index is 13.2. The molecule has 0 spiro atoms. The lowest BCUT2D eigenvalue weighted by molar-refractivity contribution is -0.143. The van der Waals surface area contributed by atoms with Crippen molar-refractivity contribution in [1.29, 1.82) is 0 Å². The molecule has 0 heterocycles. The van der Waals surface area contributed by atoms with Crippen LogP contribution >= 0.6 is 11.6 Å². The summed E-state index contributed by atoms with van der Waals surface area (Å²) >= 11 is 6.34. The van der Waals surface area contributed by atoms with E-state index in [1.807, 2.05) is 71.0 Å². The smallest absolute Gasteiger partial charge is 0.261 e. The van der Waals surface area contributed by atoms with E-state index in [1.54, 1.807) is 11.0 Å². The van der Waals surface area contributed by atoms with Gasteiger partial charge in [-0.05, 0) is 68.5 Å². The highest BCUT2D eigenvalue weighted by Crippen LogP contribution is 2.21. The SMILES string of the molecule is CC[C@@H](C)NC(=O)[C@H](CC)N(Cc1ccccc1Cl)C(=O)COc1ccc(C)c(C)c1. The molecule has 0 aliphatic carbocycles. The predicted molar refractivity (Wildman–Crippen MR) is 125 cm³/mol. The topological polar surface area (TPSA) is 58.6 Å². The maximum absolute atomic E-state index is 13.2. The molecule has 0 fully saturated rings. The summed E-state index contributed by atoms with van der Waals surface area (Å²) in [6, 6.07) is 12.5. The van der Waals surface area contributed by atoms with Crippen molar-refractivity contribution in [2.24, 2.45) is 0 Å². The number of aryl methyl sites for hydroxylation is 2. The summed E-state index contributed by atoms with van der Waals surface area (Å²) in [5.41, 5.74) is 3.04. The third kappa shape index (κ3) is 7.00. The number of hydrogen-bond acceptors (Lipinski definition) is 3. The molecule has 2 rings (SSSR count). The molecule has 0 saturated heterocycles. The lowest BCUT2D eigenvalue weighted by atomic mass is 10.1. The van der Waals surface area contributed by atoms with Gasteiger partial charge in [-0.2, -0.15) is 0 Å². The van der Waals surface area contributed by atoms with E-state index in [2.05, 4.69) is 5.32 Å². The van der Waals surface area contributed by atoms with Crippen LogP contribution in [-0.2, 0) is 16.1 Å². The van der Waals surface area contributed by atoms with Crippen molar-refractivity contribution in [2.45, 2.75) is 66.1 Å². The molecule has 0 aliphatic rings. The van der Waals surface area contributed by atoms with Crippen LogP contribution in [0.4, 0.5) is 0 Å². The van der Waals surface area contributed by atoms with E-state index < -0.39 is 6.04 Å². The zero-order valence-electron chi connectivity index (χ0n) is 19.1. The molecule has 31 heavy (non-hydrogen) atoms. The molecule has 1 N–H and O–H groups in total. The molecule has 0 radical (unpaired) electrons. The van der Waals surface area contributed by atoms with Crippen molar-refractivity contribution >= 4 is 23.4 Å². The second-order valence-electron chi connectivity index (χ2n) is 7.89. The number of nitrogens with one attached hydrogen (secondary N) is 1. The zero-order valence-corrected chi connectivity index (χ0v) is 19.8. The molecular weight excluding hydrogens is 412 g/mol. The Kier molecular flexibility index (Phi) is 9.38. The van der Waals surface area contributed by atoms with Gasteiger partial charge >= 0.3 is 0 Å². The summed E-state index contributed by atoms with van der Waals surface area (Å²) in [5.74, 6) is 0.207. The molecule has 0 aromatic heterocycles. The fraction of sp³-hybridized carbons (Fsp3) is 0.440. The van der Waals surface area contributed by atoms with E-state index >= 15 is 0 Å². The van der Waals surface area contributed by atoms with Crippen LogP contribution in [0.2, 0.25) is 5.02 Å². The van der Waals surface area contributed by atoms with E-state index in [0.717, 1.165) is 23.1 Å². The highest BCUT2D eigenvalue weighted by atomic mass is 35.5. The number of carbonyl (C=O) groups is 2. The molecule has 2 aromatic carbocycles. The molecule has 0 saturated carbocycles. The summed E-state index contributed by atoms with van der Waals surface area (Å²) in [6.45, 7) is 9.97. The average Bonchev–Trinajstić information content (AvgIpc) is 2.75. The Morgan fingerprint density at radius 1 is 1.06 bits per heavy atom. The van der Waals surface area contributed by atoms with Crippen LogP contribution in [0.3, 0.4) is 0 Å². The van der Waals surface area contributed by atoms with Gasteiger partial charge in [-0.25, -0.2) is 0 Å². The third-order valence-corrected chi connectivity index (χ3v) is 5.89. The van der Waals surface area contributed by atoms with Gasteiger partial charge < -0.3 is 15.0 Å². The van der Waals surface area contributed by atoms with E-state index in [9.17, 15) is 9.59 Å². The third-order valence-electron chi connectivity index (χ3n) is 5.53. The summed E-state index contributed by atoms with van der Waals surface area (Å²) in [7, 11) is 0. The highest BCUT2D eigenvalue weighted by molar-refractivity contribution is 6.31. The summed E-state index contributed by atoms with van der Waals surface area (Å²) in [6.07, 6.45) is 1.30. The molecule has 2 aromatic rings. The molecule has 5 nitrogen and oxygen atoms in total. The van der Waals surface area contributed by atoms with E-state index in [0.29, 0.717) is 17.2 Å². The van der Waals surface area contributed by atoms with Crippen LogP contribution in [0.15, 0.2) is 42.5 Å². The first kappa shape index (κ1) is 24.7. The van der Waals surface area contributed by atoms with Crippen molar-refractivity contribution < 1.29 is 14.3 Å². The Labute approximate surface area is 190 Å². The van der Waals surface area contributed by atoms with Gasteiger partial charge in [0.05, 0.1) is 0 Å². The van der Waals surface area contributed by atoms with Crippen LogP contribution in [0.25, 0.3) is 0 Å². The fourth-order valence-corrected chi connectivity index (χ4v) is 3.40. The number of halogens is 1. The van der Waals surface area contributed by atoms with Gasteiger partial charge in [-0.1, -0.05) is 49.7 Å². The van der Waals surface area contributed by atoms with Gasteiger partial charge in [-0.3, -0.25) is 9.59 Å². The van der Waals surface area contributed by atoms with E-state index in [-0.39, 0.29) is 31.0 Å². The molecule has 0 unspecified atom stereocenters. The van der Waals surface area contributed by atoms with E-state index in [4.69, 9.17) is 16.3 Å². The number of carbonyl (C=O) groups excluding carboxylic acids is 2. The van der Waals surface area contributed by atoms with Gasteiger partial charge in [0.15, 0.2) is 6.61 Å². The summed E-state index contributed by atoms with van der Waals surface area (Å²) in [4.78, 5) is 27.7. The number of rotatable bonds is 10. The molecular formula is C25H33ClN2O3. The Morgan fingerprint density at radius 3 is 2.39 bits per heavy atom.